The van der Waals surface area contributed by atoms with Gasteiger partial charge >= 0.3 is 0 Å². The standard InChI is InChI=1S/C43H41N5O4/c44-48-46-30-36-21-10-11-22-38(36)40-43(27-12-16-32-14-4-1-5-15-32,47-41(52-40)35-23-25-37(26-24-35)51-29-13-28-49)42(50)45-31-39(33-17-6-2-7-18-33)34-19-8-3-9-20-34/h1-12,14-26,39-40,49H,13,27-31H2,(H,45,50)/b16-12+/t40-,43-/m1/s1. The number of carbonyl (C=O) groups excluding carboxylic acids is 1. The first kappa shape index (κ1) is 35.7. The molecule has 9 heteroatoms. The number of nitrogens with zero attached hydrogens (tertiary/aromatic N) is 4. The Bertz CT molecular complexity index is 1970. The number of aliphatic hydroxyl groups is 1. The van der Waals surface area contributed by atoms with Crippen molar-refractivity contribution in [2.75, 3.05) is 19.8 Å². The van der Waals surface area contributed by atoms with Gasteiger partial charge in [0.05, 0.1) is 13.2 Å². The van der Waals surface area contributed by atoms with E-state index in [2.05, 4.69) is 39.6 Å². The number of hydrogen-bond donors (Lipinski definition) is 2. The zero-order valence-electron chi connectivity index (χ0n) is 28.8. The molecule has 0 aliphatic carbocycles. The van der Waals surface area contributed by atoms with Crippen LogP contribution in [-0.2, 0) is 16.1 Å². The fourth-order valence-corrected chi connectivity index (χ4v) is 6.42. The quantitative estimate of drug-likeness (QED) is 0.0465. The van der Waals surface area contributed by atoms with E-state index in [1.165, 1.54) is 0 Å². The van der Waals surface area contributed by atoms with Crippen molar-refractivity contribution in [1.29, 1.82) is 0 Å². The van der Waals surface area contributed by atoms with E-state index in [1.54, 1.807) is 0 Å². The van der Waals surface area contributed by atoms with Crippen LogP contribution in [0.5, 0.6) is 5.75 Å². The van der Waals surface area contributed by atoms with E-state index < -0.39 is 11.6 Å². The third-order valence-electron chi connectivity index (χ3n) is 9.08. The molecule has 1 aliphatic rings. The highest BCUT2D eigenvalue weighted by Gasteiger charge is 2.53. The van der Waals surface area contributed by atoms with Crippen LogP contribution in [-0.4, -0.2) is 42.2 Å². The van der Waals surface area contributed by atoms with E-state index in [9.17, 15) is 5.53 Å². The Labute approximate surface area is 303 Å². The van der Waals surface area contributed by atoms with Gasteiger partial charge in [-0.3, -0.25) is 4.79 Å². The molecular formula is C43H41N5O4. The predicted octanol–water partition coefficient (Wildman–Crippen LogP) is 8.57. The van der Waals surface area contributed by atoms with Crippen LogP contribution in [0, 0.1) is 0 Å². The Morgan fingerprint density at radius 2 is 1.54 bits per heavy atom. The van der Waals surface area contributed by atoms with Crippen LogP contribution < -0.4 is 10.1 Å². The molecule has 262 valence electrons. The monoisotopic (exact) mass is 691 g/mol. The second-order valence-electron chi connectivity index (χ2n) is 12.5. The molecule has 0 aromatic heterocycles. The molecule has 0 unspecified atom stereocenters. The number of amides is 1. The van der Waals surface area contributed by atoms with Gasteiger partial charge in [0, 0.05) is 42.4 Å². The van der Waals surface area contributed by atoms with Crippen molar-refractivity contribution in [2.45, 2.75) is 36.9 Å². The number of azide groups is 1. The average Bonchev–Trinajstić information content (AvgIpc) is 3.59. The van der Waals surface area contributed by atoms with E-state index in [-0.39, 0.29) is 31.4 Å². The van der Waals surface area contributed by atoms with E-state index in [0.717, 1.165) is 22.3 Å². The van der Waals surface area contributed by atoms with E-state index >= 15 is 4.79 Å². The van der Waals surface area contributed by atoms with Crippen molar-refractivity contribution in [3.05, 3.63) is 189 Å². The minimum absolute atomic E-state index is 0.0472. The average molecular weight is 692 g/mol. The van der Waals surface area contributed by atoms with E-state index in [1.807, 2.05) is 127 Å². The number of nitrogens with one attached hydrogen (secondary N) is 1. The van der Waals surface area contributed by atoms with Crippen LogP contribution in [0.2, 0.25) is 0 Å². The summed E-state index contributed by atoms with van der Waals surface area (Å²) in [7, 11) is 0. The SMILES string of the molecule is [N-]=[N+]=NCc1ccccc1[C@H]1OC(c2ccc(OCCCO)cc2)=N[C@@]1(C/C=C/c1ccccc1)C(=O)NCC(c1ccccc1)c1ccccc1. The summed E-state index contributed by atoms with van der Waals surface area (Å²) in [5.41, 5.74) is 13.1. The molecule has 0 saturated heterocycles. The van der Waals surface area contributed by atoms with Gasteiger partial charge in [-0.05, 0) is 57.6 Å². The van der Waals surface area contributed by atoms with Gasteiger partial charge in [0.1, 0.15) is 5.75 Å². The van der Waals surface area contributed by atoms with Gasteiger partial charge in [0.15, 0.2) is 11.6 Å². The molecule has 2 N–H and O–H groups in total. The maximum absolute atomic E-state index is 15.0. The summed E-state index contributed by atoms with van der Waals surface area (Å²) in [5, 5.41) is 16.3. The van der Waals surface area contributed by atoms with Crippen molar-refractivity contribution in [1.82, 2.24) is 5.32 Å². The van der Waals surface area contributed by atoms with Crippen LogP contribution in [0.3, 0.4) is 0 Å². The van der Waals surface area contributed by atoms with Gasteiger partial charge in [-0.25, -0.2) is 4.99 Å². The lowest BCUT2D eigenvalue weighted by molar-refractivity contribution is -0.128. The summed E-state index contributed by atoms with van der Waals surface area (Å²) in [6, 6.07) is 45.1. The number of aliphatic imine (C=N–C) groups is 1. The Hall–Kier alpha value is -6.15. The first-order chi connectivity index (χ1) is 25.6. The summed E-state index contributed by atoms with van der Waals surface area (Å²) in [4.78, 5) is 23.2. The van der Waals surface area contributed by atoms with Gasteiger partial charge in [0.2, 0.25) is 5.90 Å². The van der Waals surface area contributed by atoms with Crippen molar-refractivity contribution in [3.63, 3.8) is 0 Å². The minimum atomic E-state index is -1.43. The second-order valence-corrected chi connectivity index (χ2v) is 12.5. The molecule has 9 nitrogen and oxygen atoms in total. The molecule has 0 fully saturated rings. The second kappa shape index (κ2) is 17.7. The Morgan fingerprint density at radius 1 is 0.904 bits per heavy atom. The number of rotatable bonds is 16. The highest BCUT2D eigenvalue weighted by Crippen LogP contribution is 2.44. The molecule has 1 amide bonds. The maximum atomic E-state index is 15.0. The number of ether oxygens (including phenoxy) is 2. The van der Waals surface area contributed by atoms with E-state index in [4.69, 9.17) is 19.6 Å². The first-order valence-corrected chi connectivity index (χ1v) is 17.4. The Kier molecular flexibility index (Phi) is 12.1. The van der Waals surface area contributed by atoms with Crippen LogP contribution in [0.1, 0.15) is 58.2 Å². The van der Waals surface area contributed by atoms with Crippen LogP contribution in [0.25, 0.3) is 16.5 Å². The zero-order chi connectivity index (χ0) is 36.0. The number of aliphatic hydroxyl groups excluding tert-OH is 1. The summed E-state index contributed by atoms with van der Waals surface area (Å²) >= 11 is 0. The highest BCUT2D eigenvalue weighted by molar-refractivity contribution is 6.01. The molecule has 1 heterocycles. The fraction of sp³-hybridized carbons (Fsp3) is 0.209. The zero-order valence-corrected chi connectivity index (χ0v) is 28.8. The van der Waals surface area contributed by atoms with Gasteiger partial charge in [-0.15, -0.1) is 0 Å². The van der Waals surface area contributed by atoms with Crippen LogP contribution >= 0.6 is 0 Å². The van der Waals surface area contributed by atoms with E-state index in [0.29, 0.717) is 42.3 Å². The molecule has 0 spiro atoms. The topological polar surface area (TPSA) is 129 Å². The fourth-order valence-electron chi connectivity index (χ4n) is 6.42. The number of hydrogen-bond acceptors (Lipinski definition) is 6. The third kappa shape index (κ3) is 8.58. The molecule has 5 aromatic carbocycles. The molecule has 0 radical (unpaired) electrons. The molecule has 1 aliphatic heterocycles. The summed E-state index contributed by atoms with van der Waals surface area (Å²) in [6.07, 6.45) is 3.86. The molecule has 6 rings (SSSR count). The van der Waals surface area contributed by atoms with Crippen LogP contribution in [0.15, 0.2) is 156 Å². The molecule has 5 aromatic rings. The summed E-state index contributed by atoms with van der Waals surface area (Å²) in [5.74, 6) is 0.568. The largest absolute Gasteiger partial charge is 0.494 e. The summed E-state index contributed by atoms with van der Waals surface area (Å²) < 4.78 is 12.5. The number of carbonyl (C=O) groups is 1. The molecule has 0 saturated carbocycles. The van der Waals surface area contributed by atoms with Gasteiger partial charge < -0.3 is 19.9 Å². The molecule has 52 heavy (non-hydrogen) atoms. The van der Waals surface area contributed by atoms with Gasteiger partial charge in [-0.1, -0.05) is 133 Å². The van der Waals surface area contributed by atoms with Crippen LogP contribution in [0.4, 0.5) is 0 Å². The molecule has 0 bridgehead atoms. The minimum Gasteiger partial charge on any atom is -0.494 e. The van der Waals surface area contributed by atoms with Crippen molar-refractivity contribution in [2.24, 2.45) is 10.1 Å². The normalized spacial score (nSPS) is 16.6. The first-order valence-electron chi connectivity index (χ1n) is 17.4. The Morgan fingerprint density at radius 3 is 2.19 bits per heavy atom. The lowest BCUT2D eigenvalue weighted by Gasteiger charge is -2.31. The van der Waals surface area contributed by atoms with Crippen molar-refractivity contribution < 1.29 is 19.4 Å². The third-order valence-corrected chi connectivity index (χ3v) is 9.08. The number of benzene rings is 5. The smallest absolute Gasteiger partial charge is 0.252 e. The predicted molar refractivity (Wildman–Crippen MR) is 204 cm³/mol. The van der Waals surface area contributed by atoms with Crippen molar-refractivity contribution in [3.8, 4) is 5.75 Å². The lowest BCUT2D eigenvalue weighted by Crippen LogP contribution is -2.49. The van der Waals surface area contributed by atoms with Gasteiger partial charge in [-0.2, -0.15) is 0 Å². The molecular weight excluding hydrogens is 651 g/mol. The van der Waals surface area contributed by atoms with Crippen molar-refractivity contribution >= 4 is 17.9 Å². The molecule has 2 atom stereocenters. The maximum Gasteiger partial charge on any atom is 0.252 e. The Balaban J connectivity index is 1.42. The summed E-state index contributed by atoms with van der Waals surface area (Å²) in [6.45, 7) is 0.852. The van der Waals surface area contributed by atoms with Gasteiger partial charge in [0.25, 0.3) is 5.91 Å². The highest BCUT2D eigenvalue weighted by atomic mass is 16.5. The lowest BCUT2D eigenvalue weighted by atomic mass is 9.82.